The molecule has 2 aromatic rings. The van der Waals surface area contributed by atoms with Crippen LogP contribution in [0.2, 0.25) is 0 Å². The van der Waals surface area contributed by atoms with Gasteiger partial charge in [0.2, 0.25) is 6.10 Å². The summed E-state index contributed by atoms with van der Waals surface area (Å²) in [6.07, 6.45) is 1.40. The van der Waals surface area contributed by atoms with Crippen LogP contribution in [0.4, 0.5) is 0 Å². The molecule has 1 fully saturated rings. The van der Waals surface area contributed by atoms with Gasteiger partial charge in [-0.3, -0.25) is 4.79 Å². The van der Waals surface area contributed by atoms with Crippen molar-refractivity contribution in [3.63, 3.8) is 0 Å². The third kappa shape index (κ3) is 3.51. The van der Waals surface area contributed by atoms with Gasteiger partial charge in [0.05, 0.1) is 11.6 Å². The molecule has 1 aliphatic rings. The molecule has 1 saturated heterocycles. The van der Waals surface area contributed by atoms with Gasteiger partial charge in [-0.1, -0.05) is 36.4 Å². The Morgan fingerprint density at radius 2 is 1.83 bits per heavy atom. The summed E-state index contributed by atoms with van der Waals surface area (Å²) < 4.78 is 5.97. The van der Waals surface area contributed by atoms with Gasteiger partial charge in [-0.2, -0.15) is 5.26 Å². The first-order valence-corrected chi connectivity index (χ1v) is 7.78. The average molecular weight is 306 g/mol. The maximum Gasteiger partial charge on any atom is 0.268 e. The van der Waals surface area contributed by atoms with Gasteiger partial charge in [-0.25, -0.2) is 0 Å². The van der Waals surface area contributed by atoms with Crippen LogP contribution in [0.5, 0.6) is 5.75 Å². The minimum absolute atomic E-state index is 0.0175. The maximum atomic E-state index is 12.8. The van der Waals surface area contributed by atoms with Gasteiger partial charge >= 0.3 is 0 Å². The van der Waals surface area contributed by atoms with Crippen molar-refractivity contribution < 1.29 is 9.53 Å². The van der Waals surface area contributed by atoms with Crippen LogP contribution in [0.3, 0.4) is 0 Å². The van der Waals surface area contributed by atoms with Crippen molar-refractivity contribution >= 4 is 5.91 Å². The molecule has 1 heterocycles. The Kier molecular flexibility index (Phi) is 4.58. The van der Waals surface area contributed by atoms with E-state index in [2.05, 4.69) is 6.07 Å². The molecule has 0 radical (unpaired) electrons. The largest absolute Gasteiger partial charge is 0.476 e. The summed E-state index contributed by atoms with van der Waals surface area (Å²) in [5, 5.41) is 9.01. The van der Waals surface area contributed by atoms with E-state index in [0.29, 0.717) is 11.3 Å². The molecule has 4 nitrogen and oxygen atoms in total. The lowest BCUT2D eigenvalue weighted by molar-refractivity contribution is -0.137. The van der Waals surface area contributed by atoms with E-state index in [1.54, 1.807) is 24.3 Å². The molecule has 0 spiro atoms. The highest BCUT2D eigenvalue weighted by Gasteiger charge is 2.29. The molecule has 1 atom stereocenters. The molecule has 0 N–H and O–H groups in total. The Hall–Kier alpha value is -2.80. The van der Waals surface area contributed by atoms with Crippen molar-refractivity contribution in [2.24, 2.45) is 0 Å². The number of amides is 1. The zero-order chi connectivity index (χ0) is 16.1. The van der Waals surface area contributed by atoms with E-state index in [1.165, 1.54) is 0 Å². The number of benzene rings is 2. The van der Waals surface area contributed by atoms with Crippen molar-refractivity contribution in [2.45, 2.75) is 18.9 Å². The highest BCUT2D eigenvalue weighted by molar-refractivity contribution is 5.83. The van der Waals surface area contributed by atoms with E-state index < -0.39 is 6.10 Å². The normalized spacial score (nSPS) is 15.0. The summed E-state index contributed by atoms with van der Waals surface area (Å²) >= 11 is 0. The lowest BCUT2D eigenvalue weighted by Gasteiger charge is -2.24. The molecule has 0 unspecified atom stereocenters. The molecule has 0 aliphatic carbocycles. The Balaban J connectivity index is 1.88. The molecule has 1 amide bonds. The standard InChI is InChI=1S/C19H18N2O2/c20-14-15-7-6-10-17(13-15)23-18(16-8-2-1-3-9-16)19(22)21-11-4-5-12-21/h1-3,6-10,13,18H,4-5,11-12H2/t18-/m1/s1. The fraction of sp³-hybridized carbons (Fsp3) is 0.263. The average Bonchev–Trinajstić information content (AvgIpc) is 3.15. The summed E-state index contributed by atoms with van der Waals surface area (Å²) in [5.74, 6) is 0.515. The maximum absolute atomic E-state index is 12.8. The number of ether oxygens (including phenoxy) is 1. The van der Waals surface area contributed by atoms with E-state index >= 15 is 0 Å². The van der Waals surface area contributed by atoms with E-state index in [9.17, 15) is 4.79 Å². The fourth-order valence-electron chi connectivity index (χ4n) is 2.77. The number of hydrogen-bond donors (Lipinski definition) is 0. The molecule has 4 heteroatoms. The minimum atomic E-state index is -0.678. The van der Waals surface area contributed by atoms with Gasteiger partial charge in [0, 0.05) is 18.7 Å². The van der Waals surface area contributed by atoms with E-state index in [1.807, 2.05) is 35.2 Å². The summed E-state index contributed by atoms with van der Waals surface area (Å²) in [4.78, 5) is 14.7. The quantitative estimate of drug-likeness (QED) is 0.871. The monoisotopic (exact) mass is 306 g/mol. The van der Waals surface area contributed by atoms with E-state index in [-0.39, 0.29) is 5.91 Å². The van der Waals surface area contributed by atoms with Crippen molar-refractivity contribution in [3.05, 3.63) is 65.7 Å². The summed E-state index contributed by atoms with van der Waals surface area (Å²) in [5.41, 5.74) is 1.34. The van der Waals surface area contributed by atoms with Crippen molar-refractivity contribution in [3.8, 4) is 11.8 Å². The molecule has 1 aliphatic heterocycles. The highest BCUT2D eigenvalue weighted by Crippen LogP contribution is 2.26. The third-order valence-corrected chi connectivity index (χ3v) is 3.96. The second kappa shape index (κ2) is 6.97. The molecule has 116 valence electrons. The first kappa shape index (κ1) is 15.1. The van der Waals surface area contributed by atoms with E-state index in [0.717, 1.165) is 31.5 Å². The van der Waals surface area contributed by atoms with Crippen LogP contribution in [0, 0.1) is 11.3 Å². The molecule has 2 aromatic carbocycles. The van der Waals surface area contributed by atoms with Gasteiger partial charge < -0.3 is 9.64 Å². The number of carbonyl (C=O) groups is 1. The molecule has 0 bridgehead atoms. The lowest BCUT2D eigenvalue weighted by Crippen LogP contribution is -2.35. The first-order chi connectivity index (χ1) is 11.3. The second-order valence-electron chi connectivity index (χ2n) is 5.58. The molecule has 0 saturated carbocycles. The van der Waals surface area contributed by atoms with Crippen LogP contribution in [-0.4, -0.2) is 23.9 Å². The Morgan fingerprint density at radius 1 is 1.09 bits per heavy atom. The third-order valence-electron chi connectivity index (χ3n) is 3.96. The highest BCUT2D eigenvalue weighted by atomic mass is 16.5. The topological polar surface area (TPSA) is 53.3 Å². The zero-order valence-corrected chi connectivity index (χ0v) is 12.8. The van der Waals surface area contributed by atoms with Crippen molar-refractivity contribution in [2.75, 3.05) is 13.1 Å². The van der Waals surface area contributed by atoms with Gasteiger partial charge in [-0.15, -0.1) is 0 Å². The molecule has 3 rings (SSSR count). The molecular weight excluding hydrogens is 288 g/mol. The molecule has 0 aromatic heterocycles. The SMILES string of the molecule is N#Cc1cccc(O[C@@H](C(=O)N2CCCC2)c2ccccc2)c1. The zero-order valence-electron chi connectivity index (χ0n) is 12.8. The predicted octanol–water partition coefficient (Wildman–Crippen LogP) is 3.30. The smallest absolute Gasteiger partial charge is 0.268 e. The van der Waals surface area contributed by atoms with Gasteiger partial charge in [-0.05, 0) is 31.0 Å². The number of likely N-dealkylation sites (tertiary alicyclic amines) is 1. The number of rotatable bonds is 4. The van der Waals surface area contributed by atoms with Crippen LogP contribution < -0.4 is 4.74 Å². The van der Waals surface area contributed by atoms with Crippen molar-refractivity contribution in [1.82, 2.24) is 4.90 Å². The minimum Gasteiger partial charge on any atom is -0.476 e. The summed E-state index contributed by atoms with van der Waals surface area (Å²) in [7, 11) is 0. The van der Waals surface area contributed by atoms with Crippen LogP contribution in [0.25, 0.3) is 0 Å². The molecular formula is C19H18N2O2. The Labute approximate surface area is 135 Å². The van der Waals surface area contributed by atoms with E-state index in [4.69, 9.17) is 10.00 Å². The van der Waals surface area contributed by atoms with Crippen LogP contribution in [-0.2, 0) is 4.79 Å². The van der Waals surface area contributed by atoms with Crippen LogP contribution in [0.1, 0.15) is 30.1 Å². The number of hydrogen-bond acceptors (Lipinski definition) is 3. The summed E-state index contributed by atoms with van der Waals surface area (Å²) in [6.45, 7) is 1.56. The van der Waals surface area contributed by atoms with Crippen LogP contribution in [0.15, 0.2) is 54.6 Å². The number of nitrogens with zero attached hydrogens (tertiary/aromatic N) is 2. The van der Waals surface area contributed by atoms with Gasteiger partial charge in [0.1, 0.15) is 5.75 Å². The number of carbonyl (C=O) groups excluding carboxylic acids is 1. The molecule has 23 heavy (non-hydrogen) atoms. The van der Waals surface area contributed by atoms with Crippen LogP contribution >= 0.6 is 0 Å². The predicted molar refractivity (Wildman–Crippen MR) is 86.8 cm³/mol. The second-order valence-corrected chi connectivity index (χ2v) is 5.58. The number of nitriles is 1. The van der Waals surface area contributed by atoms with Gasteiger partial charge in [0.15, 0.2) is 0 Å². The fourth-order valence-corrected chi connectivity index (χ4v) is 2.77. The lowest BCUT2D eigenvalue weighted by atomic mass is 10.1. The Morgan fingerprint density at radius 3 is 2.52 bits per heavy atom. The summed E-state index contributed by atoms with van der Waals surface area (Å²) in [6, 6.07) is 18.5. The van der Waals surface area contributed by atoms with Gasteiger partial charge in [0.25, 0.3) is 5.91 Å². The first-order valence-electron chi connectivity index (χ1n) is 7.78. The van der Waals surface area contributed by atoms with Crippen molar-refractivity contribution in [1.29, 1.82) is 5.26 Å². The Bertz CT molecular complexity index is 716.